The van der Waals surface area contributed by atoms with Crippen LogP contribution in [0.2, 0.25) is 0 Å². The number of fused-ring (bicyclic) bond motifs is 1. The molecule has 6 rings (SSSR count). The van der Waals surface area contributed by atoms with Crippen molar-refractivity contribution in [3.63, 3.8) is 0 Å². The lowest BCUT2D eigenvalue weighted by atomic mass is 10.1. The fourth-order valence-electron chi connectivity index (χ4n) is 5.46. The van der Waals surface area contributed by atoms with Gasteiger partial charge in [-0.15, -0.1) is 0 Å². The smallest absolute Gasteiger partial charge is 0.368 e. The summed E-state index contributed by atoms with van der Waals surface area (Å²) in [6.07, 6.45) is 1.48. The summed E-state index contributed by atoms with van der Waals surface area (Å²) in [5, 5.41) is 0. The lowest BCUT2D eigenvalue weighted by molar-refractivity contribution is -0.137. The number of rotatable bonds is 4. The van der Waals surface area contributed by atoms with Crippen LogP contribution in [0.5, 0.6) is 0 Å². The normalized spacial score (nSPS) is 17.3. The first-order valence-corrected chi connectivity index (χ1v) is 12.4. The quantitative estimate of drug-likeness (QED) is 0.352. The molecule has 2 aliphatic rings. The van der Waals surface area contributed by atoms with Gasteiger partial charge in [-0.2, -0.15) is 13.2 Å². The Hall–Kier alpha value is -3.62. The van der Waals surface area contributed by atoms with Gasteiger partial charge in [-0.05, 0) is 37.1 Å². The van der Waals surface area contributed by atoms with Crippen LogP contribution < -0.4 is 9.80 Å². The molecule has 2 aromatic carbocycles. The van der Waals surface area contributed by atoms with E-state index in [1.165, 1.54) is 17.8 Å². The van der Waals surface area contributed by atoms with Crippen molar-refractivity contribution in [2.24, 2.45) is 0 Å². The molecule has 0 amide bonds. The number of nitrogens with zero attached hydrogens (tertiary/aromatic N) is 6. The summed E-state index contributed by atoms with van der Waals surface area (Å²) < 4.78 is 41.6. The minimum Gasteiger partial charge on any atom is -0.368 e. The Bertz CT molecular complexity index is 1340. The number of hydrogen-bond donors (Lipinski definition) is 0. The number of imidazole rings is 1. The molecule has 0 spiro atoms. The Balaban J connectivity index is 1.37. The van der Waals surface area contributed by atoms with Gasteiger partial charge < -0.3 is 14.4 Å². The average Bonchev–Trinajstić information content (AvgIpc) is 3.57. The maximum Gasteiger partial charge on any atom is 0.416 e. The first-order valence-electron chi connectivity index (χ1n) is 12.4. The largest absolute Gasteiger partial charge is 0.416 e. The van der Waals surface area contributed by atoms with Gasteiger partial charge in [-0.3, -0.25) is 0 Å². The van der Waals surface area contributed by atoms with Gasteiger partial charge in [0.1, 0.15) is 12.2 Å². The van der Waals surface area contributed by atoms with Crippen LogP contribution >= 0.6 is 0 Å². The molecule has 3 heterocycles. The van der Waals surface area contributed by atoms with Crippen molar-refractivity contribution in [1.29, 1.82) is 0 Å². The van der Waals surface area contributed by atoms with Crippen LogP contribution in [0, 0.1) is 0 Å². The number of para-hydroxylation sites is 1. The Morgan fingerprint density at radius 3 is 2.11 bits per heavy atom. The Morgan fingerprint density at radius 2 is 1.44 bits per heavy atom. The Kier molecular flexibility index (Phi) is 5.78. The molecule has 6 nitrogen and oxygen atoms in total. The van der Waals surface area contributed by atoms with E-state index in [0.29, 0.717) is 16.9 Å². The molecular weight excluding hydrogens is 465 g/mol. The summed E-state index contributed by atoms with van der Waals surface area (Å²) in [6.45, 7) is 3.33. The van der Waals surface area contributed by atoms with Crippen molar-refractivity contribution in [3.05, 3.63) is 66.5 Å². The summed E-state index contributed by atoms with van der Waals surface area (Å²) in [7, 11) is 0. The van der Waals surface area contributed by atoms with Crippen LogP contribution in [0.15, 0.2) is 60.9 Å². The monoisotopic (exact) mass is 492 g/mol. The van der Waals surface area contributed by atoms with E-state index in [0.717, 1.165) is 75.5 Å². The molecule has 1 saturated carbocycles. The van der Waals surface area contributed by atoms with E-state index in [1.807, 2.05) is 18.2 Å². The van der Waals surface area contributed by atoms with E-state index in [-0.39, 0.29) is 6.04 Å². The topological polar surface area (TPSA) is 50.1 Å². The van der Waals surface area contributed by atoms with Crippen molar-refractivity contribution in [1.82, 2.24) is 19.5 Å². The highest BCUT2D eigenvalue weighted by atomic mass is 19.4. The molecular formula is C27H27F3N6. The van der Waals surface area contributed by atoms with Crippen molar-refractivity contribution in [2.75, 3.05) is 36.0 Å². The molecule has 4 aromatic rings. The zero-order valence-electron chi connectivity index (χ0n) is 19.8. The van der Waals surface area contributed by atoms with Gasteiger partial charge in [0.25, 0.3) is 0 Å². The van der Waals surface area contributed by atoms with Gasteiger partial charge in [0.05, 0.1) is 5.56 Å². The van der Waals surface area contributed by atoms with Crippen molar-refractivity contribution >= 4 is 22.7 Å². The number of aromatic nitrogens is 4. The lowest BCUT2D eigenvalue weighted by Crippen LogP contribution is -2.46. The first kappa shape index (κ1) is 22.8. The summed E-state index contributed by atoms with van der Waals surface area (Å²) >= 11 is 0. The van der Waals surface area contributed by atoms with Crippen LogP contribution in [-0.4, -0.2) is 45.7 Å². The van der Waals surface area contributed by atoms with E-state index < -0.39 is 11.7 Å². The molecule has 36 heavy (non-hydrogen) atoms. The number of hydrogen-bond acceptors (Lipinski definition) is 5. The highest BCUT2D eigenvalue weighted by molar-refractivity contribution is 5.87. The molecule has 1 aliphatic heterocycles. The van der Waals surface area contributed by atoms with Gasteiger partial charge >= 0.3 is 6.18 Å². The van der Waals surface area contributed by atoms with E-state index in [1.54, 1.807) is 6.33 Å². The third kappa shape index (κ3) is 4.16. The SMILES string of the molecule is FC(F)(F)c1ccc(-c2nc3c(N4CCN(c5ccccc5)CC4)ncnc3n2C2CCCC2)cc1. The van der Waals surface area contributed by atoms with Gasteiger partial charge in [-0.25, -0.2) is 15.0 Å². The standard InChI is InChI=1S/C27H27F3N6/c28-27(29,30)20-12-10-19(11-13-20)24-33-23-25(31-18-32-26(23)36(24)22-8-4-5-9-22)35-16-14-34(15-17-35)21-6-2-1-3-7-21/h1-3,6-7,10-13,18,22H,4-5,8-9,14-17H2. The molecule has 2 aromatic heterocycles. The highest BCUT2D eigenvalue weighted by Crippen LogP contribution is 2.39. The molecule has 186 valence electrons. The molecule has 1 aliphatic carbocycles. The zero-order chi connectivity index (χ0) is 24.7. The van der Waals surface area contributed by atoms with Crippen LogP contribution in [0.1, 0.15) is 37.3 Å². The summed E-state index contributed by atoms with van der Waals surface area (Å²) in [5.74, 6) is 1.45. The summed E-state index contributed by atoms with van der Waals surface area (Å²) in [4.78, 5) is 18.8. The second-order valence-corrected chi connectivity index (χ2v) is 9.50. The molecule has 0 radical (unpaired) electrons. The molecule has 0 bridgehead atoms. The number of anilines is 2. The van der Waals surface area contributed by atoms with E-state index in [4.69, 9.17) is 4.98 Å². The average molecular weight is 493 g/mol. The van der Waals surface area contributed by atoms with Gasteiger partial charge in [0, 0.05) is 43.5 Å². The maximum absolute atomic E-state index is 13.2. The minimum atomic E-state index is -4.37. The predicted molar refractivity (Wildman–Crippen MR) is 134 cm³/mol. The number of halogens is 3. The van der Waals surface area contributed by atoms with Crippen molar-refractivity contribution in [3.8, 4) is 11.4 Å². The highest BCUT2D eigenvalue weighted by Gasteiger charge is 2.31. The van der Waals surface area contributed by atoms with Gasteiger partial charge in [0.2, 0.25) is 0 Å². The second-order valence-electron chi connectivity index (χ2n) is 9.50. The van der Waals surface area contributed by atoms with Crippen molar-refractivity contribution < 1.29 is 13.2 Å². The summed E-state index contributed by atoms with van der Waals surface area (Å²) in [5.41, 5.74) is 2.68. The number of piperazine rings is 1. The third-order valence-corrected chi connectivity index (χ3v) is 7.32. The van der Waals surface area contributed by atoms with Crippen LogP contribution in [0.3, 0.4) is 0 Å². The summed E-state index contributed by atoms with van der Waals surface area (Å²) in [6, 6.07) is 15.9. The molecule has 2 fully saturated rings. The van der Waals surface area contributed by atoms with Crippen LogP contribution in [0.25, 0.3) is 22.6 Å². The Morgan fingerprint density at radius 1 is 0.778 bits per heavy atom. The molecule has 0 N–H and O–H groups in total. The second kappa shape index (κ2) is 9.11. The Labute approximate surface area is 207 Å². The zero-order valence-corrected chi connectivity index (χ0v) is 19.8. The minimum absolute atomic E-state index is 0.227. The fraction of sp³-hybridized carbons (Fsp3) is 0.370. The molecule has 0 unspecified atom stereocenters. The van der Waals surface area contributed by atoms with Gasteiger partial charge in [0.15, 0.2) is 17.0 Å². The molecule has 1 saturated heterocycles. The lowest BCUT2D eigenvalue weighted by Gasteiger charge is -2.36. The molecule has 0 atom stereocenters. The molecule has 9 heteroatoms. The number of benzene rings is 2. The van der Waals surface area contributed by atoms with E-state index in [9.17, 15) is 13.2 Å². The predicted octanol–water partition coefficient (Wildman–Crippen LogP) is 5.95. The number of alkyl halides is 3. The first-order chi connectivity index (χ1) is 17.5. The van der Waals surface area contributed by atoms with Gasteiger partial charge in [-0.1, -0.05) is 43.2 Å². The van der Waals surface area contributed by atoms with Crippen molar-refractivity contribution in [2.45, 2.75) is 37.9 Å². The van der Waals surface area contributed by atoms with E-state index >= 15 is 0 Å². The van der Waals surface area contributed by atoms with Crippen LogP contribution in [0.4, 0.5) is 24.7 Å². The van der Waals surface area contributed by atoms with Crippen LogP contribution in [-0.2, 0) is 6.18 Å². The van der Waals surface area contributed by atoms with E-state index in [2.05, 4.69) is 36.5 Å². The maximum atomic E-state index is 13.2. The fourth-order valence-corrected chi connectivity index (χ4v) is 5.46. The third-order valence-electron chi connectivity index (χ3n) is 7.32.